The zero-order valence-electron chi connectivity index (χ0n) is 4.94. The van der Waals surface area contributed by atoms with E-state index in [0.717, 1.165) is 0 Å². The zero-order chi connectivity index (χ0) is 7.78. The van der Waals surface area contributed by atoms with Crippen LogP contribution < -0.4 is 5.73 Å². The summed E-state index contributed by atoms with van der Waals surface area (Å²) in [6, 6.07) is 0. The van der Waals surface area contributed by atoms with Crippen LogP contribution in [-0.4, -0.2) is 28.6 Å². The second-order valence-electron chi connectivity index (χ2n) is 1.89. The maximum Gasteiger partial charge on any atom is 0.391 e. The highest BCUT2D eigenvalue weighted by molar-refractivity contribution is 7.81. The first-order valence-corrected chi connectivity index (χ1v) is 2.93. The number of nitrogens with two attached hydrogens (primary N) is 1. The summed E-state index contributed by atoms with van der Waals surface area (Å²) in [4.78, 5) is 12.4. The van der Waals surface area contributed by atoms with Crippen LogP contribution in [0.2, 0.25) is 0 Å². The molecule has 0 radical (unpaired) electrons. The smallest absolute Gasteiger partial charge is 0.391 e. The lowest BCUT2D eigenvalue weighted by molar-refractivity contribution is -0.130. The Labute approximate surface area is 62.3 Å². The molecule has 1 unspecified atom stereocenters. The normalized spacial score (nSPS) is 31.2. The molecule has 0 fully saturated rings. The Balaban J connectivity index is 2.76. The number of hydrogen-bond donors (Lipinski definition) is 3. The minimum absolute atomic E-state index is 0.00224. The van der Waals surface area contributed by atoms with Crippen LogP contribution in [0.4, 0.5) is 0 Å². The van der Waals surface area contributed by atoms with Crippen molar-refractivity contribution >= 4 is 24.5 Å². The Bertz CT molecular complexity index is 201. The van der Waals surface area contributed by atoms with Gasteiger partial charge < -0.3 is 9.84 Å². The maximum absolute atomic E-state index is 10.1. The minimum atomic E-state index is -1.22. The van der Waals surface area contributed by atoms with Crippen LogP contribution in [0.3, 0.4) is 0 Å². The number of nitrogens with zero attached hydrogens (tertiary/aromatic N) is 1. The van der Waals surface area contributed by atoms with Gasteiger partial charge in [-0.15, -0.1) is 12.6 Å². The number of carbonyl (C=O) groups is 1. The Kier molecular flexibility index (Phi) is 1.57. The van der Waals surface area contributed by atoms with Crippen LogP contribution in [0.15, 0.2) is 4.99 Å². The number of carboxylic acids is 1. The second-order valence-corrected chi connectivity index (χ2v) is 2.66. The molecule has 6 heteroatoms. The first-order chi connectivity index (χ1) is 4.51. The van der Waals surface area contributed by atoms with Gasteiger partial charge in [-0.25, -0.2) is 9.79 Å². The van der Waals surface area contributed by atoms with Gasteiger partial charge in [-0.3, -0.25) is 5.73 Å². The predicted molar refractivity (Wildman–Crippen MR) is 36.9 cm³/mol. The SMILES string of the molecule is NC1(S)COC(C(=O)O)=N1. The van der Waals surface area contributed by atoms with Crippen LogP contribution in [0.25, 0.3) is 0 Å². The fourth-order valence-electron chi connectivity index (χ4n) is 0.525. The minimum Gasteiger partial charge on any atom is -0.474 e. The van der Waals surface area contributed by atoms with Crippen molar-refractivity contribution in [3.8, 4) is 0 Å². The molecule has 1 atom stereocenters. The summed E-state index contributed by atoms with van der Waals surface area (Å²) in [6.07, 6.45) is 0. The van der Waals surface area contributed by atoms with Crippen molar-refractivity contribution < 1.29 is 14.6 Å². The molecule has 0 saturated heterocycles. The number of aliphatic imine (C=N–C) groups is 1. The highest BCUT2D eigenvalue weighted by Crippen LogP contribution is 2.15. The molecule has 5 nitrogen and oxygen atoms in total. The summed E-state index contributed by atoms with van der Waals surface area (Å²) in [5, 5.41) is 8.30. The number of carboxylic acid groups (broad SMARTS) is 1. The largest absolute Gasteiger partial charge is 0.474 e. The van der Waals surface area contributed by atoms with E-state index in [4.69, 9.17) is 10.8 Å². The summed E-state index contributed by atoms with van der Waals surface area (Å²) in [7, 11) is 0. The van der Waals surface area contributed by atoms with Gasteiger partial charge in [0.2, 0.25) is 0 Å². The molecule has 56 valence electrons. The van der Waals surface area contributed by atoms with Crippen LogP contribution in [-0.2, 0) is 9.53 Å². The van der Waals surface area contributed by atoms with Gasteiger partial charge in [0.15, 0.2) is 4.99 Å². The van der Waals surface area contributed by atoms with E-state index in [0.29, 0.717) is 0 Å². The van der Waals surface area contributed by atoms with Gasteiger partial charge in [0.1, 0.15) is 6.61 Å². The third kappa shape index (κ3) is 1.39. The zero-order valence-corrected chi connectivity index (χ0v) is 5.84. The lowest BCUT2D eigenvalue weighted by Gasteiger charge is -2.06. The van der Waals surface area contributed by atoms with Gasteiger partial charge in [-0.05, 0) is 0 Å². The van der Waals surface area contributed by atoms with Crippen LogP contribution in [0, 0.1) is 0 Å². The quantitative estimate of drug-likeness (QED) is 0.342. The van der Waals surface area contributed by atoms with Crippen LogP contribution in [0.1, 0.15) is 0 Å². The van der Waals surface area contributed by atoms with Crippen molar-refractivity contribution in [3.63, 3.8) is 0 Å². The van der Waals surface area contributed by atoms with E-state index in [1.54, 1.807) is 0 Å². The molecule has 0 aliphatic carbocycles. The van der Waals surface area contributed by atoms with Gasteiger partial charge in [-0.1, -0.05) is 0 Å². The molecule has 0 bridgehead atoms. The van der Waals surface area contributed by atoms with Gasteiger partial charge in [0.05, 0.1) is 0 Å². The molecule has 1 heterocycles. The molecule has 0 saturated carbocycles. The van der Waals surface area contributed by atoms with E-state index >= 15 is 0 Å². The van der Waals surface area contributed by atoms with Gasteiger partial charge >= 0.3 is 5.97 Å². The lowest BCUT2D eigenvalue weighted by Crippen LogP contribution is -2.31. The third-order valence-corrected chi connectivity index (χ3v) is 1.13. The van der Waals surface area contributed by atoms with E-state index in [9.17, 15) is 4.79 Å². The Hall–Kier alpha value is -0.750. The number of hydrogen-bond acceptors (Lipinski definition) is 5. The second kappa shape index (κ2) is 2.14. The monoisotopic (exact) mass is 162 g/mol. The van der Waals surface area contributed by atoms with Crippen molar-refractivity contribution in [2.24, 2.45) is 10.7 Å². The van der Waals surface area contributed by atoms with Crippen molar-refractivity contribution in [1.29, 1.82) is 0 Å². The Morgan fingerprint density at radius 3 is 2.80 bits per heavy atom. The van der Waals surface area contributed by atoms with E-state index in [1.165, 1.54) is 0 Å². The summed E-state index contributed by atoms with van der Waals surface area (Å²) >= 11 is 3.80. The maximum atomic E-state index is 10.1. The molecule has 0 aromatic carbocycles. The van der Waals surface area contributed by atoms with Gasteiger partial charge in [0.25, 0.3) is 5.90 Å². The van der Waals surface area contributed by atoms with E-state index in [1.807, 2.05) is 0 Å². The summed E-state index contributed by atoms with van der Waals surface area (Å²) in [5.74, 6) is -1.60. The Morgan fingerprint density at radius 2 is 2.60 bits per heavy atom. The molecule has 0 amide bonds. The predicted octanol–water partition coefficient (Wildman–Crippen LogP) is -0.958. The number of ether oxygens (including phenoxy) is 1. The van der Waals surface area contributed by atoms with Crippen molar-refractivity contribution in [2.45, 2.75) is 4.99 Å². The number of rotatable bonds is 1. The summed E-state index contributed by atoms with van der Waals surface area (Å²) in [5.41, 5.74) is 5.29. The Morgan fingerprint density at radius 1 is 2.00 bits per heavy atom. The van der Waals surface area contributed by atoms with Crippen LogP contribution in [0.5, 0.6) is 0 Å². The highest BCUT2D eigenvalue weighted by Gasteiger charge is 2.31. The summed E-state index contributed by atoms with van der Waals surface area (Å²) in [6.45, 7) is -0.00224. The average Bonchev–Trinajstić information content (AvgIpc) is 2.10. The molecule has 1 aliphatic rings. The first-order valence-electron chi connectivity index (χ1n) is 2.48. The first kappa shape index (κ1) is 7.36. The molecule has 3 N–H and O–H groups in total. The van der Waals surface area contributed by atoms with Crippen molar-refractivity contribution in [2.75, 3.05) is 6.61 Å². The number of aliphatic carboxylic acids is 1. The molecule has 1 rings (SSSR count). The lowest BCUT2D eigenvalue weighted by atomic mass is 10.6. The fraction of sp³-hybridized carbons (Fsp3) is 0.500. The van der Waals surface area contributed by atoms with E-state index in [-0.39, 0.29) is 12.5 Å². The standard InChI is InChI=1S/C4H6N2O3S/c5-4(10)1-9-2(6-4)3(7)8/h10H,1,5H2,(H,7,8). The number of thiol groups is 1. The van der Waals surface area contributed by atoms with Crippen molar-refractivity contribution in [1.82, 2.24) is 0 Å². The van der Waals surface area contributed by atoms with E-state index in [2.05, 4.69) is 22.4 Å². The van der Waals surface area contributed by atoms with Crippen molar-refractivity contribution in [3.05, 3.63) is 0 Å². The molecular weight excluding hydrogens is 156 g/mol. The molecule has 0 aromatic heterocycles. The highest BCUT2D eigenvalue weighted by atomic mass is 32.1. The van der Waals surface area contributed by atoms with E-state index < -0.39 is 11.0 Å². The molecule has 0 spiro atoms. The molecule has 1 aliphatic heterocycles. The average molecular weight is 162 g/mol. The summed E-state index contributed by atoms with van der Waals surface area (Å²) < 4.78 is 4.58. The topological polar surface area (TPSA) is 84.9 Å². The molecular formula is C4H6N2O3S. The van der Waals surface area contributed by atoms with Crippen LogP contribution >= 0.6 is 12.6 Å². The van der Waals surface area contributed by atoms with Gasteiger partial charge in [-0.2, -0.15) is 0 Å². The molecule has 0 aromatic rings. The molecule has 10 heavy (non-hydrogen) atoms. The fourth-order valence-corrected chi connectivity index (χ4v) is 0.680. The van der Waals surface area contributed by atoms with Gasteiger partial charge in [0, 0.05) is 0 Å². The third-order valence-electron chi connectivity index (χ3n) is 0.899.